The van der Waals surface area contributed by atoms with Crippen molar-refractivity contribution in [2.24, 2.45) is 0 Å². The van der Waals surface area contributed by atoms with Crippen LogP contribution in [0.15, 0.2) is 30.3 Å². The van der Waals surface area contributed by atoms with Gasteiger partial charge in [-0.05, 0) is 31.9 Å². The van der Waals surface area contributed by atoms with E-state index < -0.39 is 0 Å². The summed E-state index contributed by atoms with van der Waals surface area (Å²) in [6.07, 6.45) is 3.89. The zero-order chi connectivity index (χ0) is 15.1. The lowest BCUT2D eigenvalue weighted by molar-refractivity contribution is -0.121. The van der Waals surface area contributed by atoms with Crippen molar-refractivity contribution in [2.45, 2.75) is 53.0 Å². The van der Waals surface area contributed by atoms with Gasteiger partial charge in [0.25, 0.3) is 0 Å². The van der Waals surface area contributed by atoms with Gasteiger partial charge in [0.05, 0.1) is 0 Å². The summed E-state index contributed by atoms with van der Waals surface area (Å²) in [5.74, 6) is 0.163. The highest BCUT2D eigenvalue weighted by Gasteiger charge is 1.98. The molecule has 2 N–H and O–H groups in total. The van der Waals surface area contributed by atoms with Crippen LogP contribution in [-0.4, -0.2) is 19.0 Å². The van der Waals surface area contributed by atoms with E-state index in [0.717, 1.165) is 32.5 Å². The van der Waals surface area contributed by atoms with E-state index in [9.17, 15) is 4.79 Å². The van der Waals surface area contributed by atoms with Crippen molar-refractivity contribution in [3.8, 4) is 0 Å². The molecule has 20 heavy (non-hydrogen) atoms. The van der Waals surface area contributed by atoms with E-state index in [4.69, 9.17) is 0 Å². The van der Waals surface area contributed by atoms with Crippen LogP contribution in [0.2, 0.25) is 0 Å². The van der Waals surface area contributed by atoms with Gasteiger partial charge in [-0.3, -0.25) is 4.79 Å². The van der Waals surface area contributed by atoms with Crippen LogP contribution in [0.1, 0.15) is 52.0 Å². The lowest BCUT2D eigenvalue weighted by Crippen LogP contribution is -2.22. The van der Waals surface area contributed by atoms with Crippen molar-refractivity contribution in [2.75, 3.05) is 13.1 Å². The second-order valence-corrected chi connectivity index (χ2v) is 4.78. The number of carbonyl (C=O) groups is 1. The molecule has 0 unspecified atom stereocenters. The number of rotatable bonds is 8. The predicted octanol–water partition coefficient (Wildman–Crippen LogP) is 3.50. The van der Waals surface area contributed by atoms with E-state index in [1.807, 2.05) is 25.1 Å². The summed E-state index contributed by atoms with van der Waals surface area (Å²) in [7, 11) is 0. The molecular weight excluding hydrogens is 248 g/mol. The second kappa shape index (κ2) is 14.1. The summed E-state index contributed by atoms with van der Waals surface area (Å²) in [6, 6.07) is 10.3. The minimum absolute atomic E-state index is 0.163. The Balaban J connectivity index is 0.00000110. The number of benzene rings is 1. The molecule has 114 valence electrons. The average Bonchev–Trinajstić information content (AvgIpc) is 2.45. The molecule has 0 aromatic heterocycles. The minimum atomic E-state index is 0.163. The molecule has 0 spiro atoms. The maximum atomic E-state index is 11.2. The molecule has 0 saturated heterocycles. The number of amides is 1. The van der Waals surface area contributed by atoms with E-state index in [2.05, 4.69) is 36.6 Å². The van der Waals surface area contributed by atoms with Gasteiger partial charge >= 0.3 is 0 Å². The van der Waals surface area contributed by atoms with E-state index in [-0.39, 0.29) is 5.91 Å². The van der Waals surface area contributed by atoms with Crippen molar-refractivity contribution in [3.63, 3.8) is 0 Å². The molecule has 0 bridgehead atoms. The number of hydrogen-bond acceptors (Lipinski definition) is 2. The molecule has 3 heteroatoms. The van der Waals surface area contributed by atoms with Gasteiger partial charge in [-0.1, -0.05) is 50.6 Å². The van der Waals surface area contributed by atoms with E-state index in [1.165, 1.54) is 12.0 Å². The highest BCUT2D eigenvalue weighted by atomic mass is 16.1. The largest absolute Gasteiger partial charge is 0.356 e. The zero-order valence-electron chi connectivity index (χ0n) is 13.2. The van der Waals surface area contributed by atoms with Crippen molar-refractivity contribution >= 4 is 5.91 Å². The highest BCUT2D eigenvalue weighted by Crippen LogP contribution is 1.98. The normalized spacial score (nSPS) is 9.55. The topological polar surface area (TPSA) is 41.1 Å². The number of carbonyl (C=O) groups excluding carboxylic acids is 1. The van der Waals surface area contributed by atoms with Crippen LogP contribution in [0, 0.1) is 0 Å². The van der Waals surface area contributed by atoms with Gasteiger partial charge in [0.15, 0.2) is 0 Å². The maximum absolute atomic E-state index is 11.2. The Bertz CT molecular complexity index is 325. The predicted molar refractivity (Wildman–Crippen MR) is 86.6 cm³/mol. The lowest BCUT2D eigenvalue weighted by atomic mass is 10.2. The van der Waals surface area contributed by atoms with Crippen LogP contribution in [-0.2, 0) is 11.3 Å². The summed E-state index contributed by atoms with van der Waals surface area (Å²) in [5, 5.41) is 6.18. The van der Waals surface area contributed by atoms with Crippen molar-refractivity contribution in [3.05, 3.63) is 35.9 Å². The average molecular weight is 278 g/mol. The molecule has 3 nitrogen and oxygen atoms in total. The summed E-state index contributed by atoms with van der Waals surface area (Å²) in [4.78, 5) is 11.2. The van der Waals surface area contributed by atoms with Gasteiger partial charge < -0.3 is 10.6 Å². The fourth-order valence-electron chi connectivity index (χ4n) is 1.65. The van der Waals surface area contributed by atoms with Crippen LogP contribution in [0.25, 0.3) is 0 Å². The van der Waals surface area contributed by atoms with E-state index in [0.29, 0.717) is 6.42 Å². The second-order valence-electron chi connectivity index (χ2n) is 4.78. The first-order valence-corrected chi connectivity index (χ1v) is 7.75. The monoisotopic (exact) mass is 278 g/mol. The summed E-state index contributed by atoms with van der Waals surface area (Å²) in [5.41, 5.74) is 1.30. The van der Waals surface area contributed by atoms with Crippen LogP contribution in [0.3, 0.4) is 0 Å². The first-order chi connectivity index (χ1) is 9.74. The fourth-order valence-corrected chi connectivity index (χ4v) is 1.65. The van der Waals surface area contributed by atoms with Gasteiger partial charge in [0.2, 0.25) is 5.91 Å². The molecular formula is C17H30N2O. The van der Waals surface area contributed by atoms with E-state index >= 15 is 0 Å². The third-order valence-corrected chi connectivity index (χ3v) is 2.55. The van der Waals surface area contributed by atoms with Crippen molar-refractivity contribution < 1.29 is 4.79 Å². The Kier molecular flexibility index (Phi) is 13.1. The SMILES string of the molecule is CCC.CCNC(=O)CCCCNCc1ccccc1. The Hall–Kier alpha value is -1.35. The van der Waals surface area contributed by atoms with Crippen molar-refractivity contribution in [1.82, 2.24) is 10.6 Å². The highest BCUT2D eigenvalue weighted by molar-refractivity contribution is 5.75. The molecule has 1 rings (SSSR count). The summed E-state index contributed by atoms with van der Waals surface area (Å²) >= 11 is 0. The number of unbranched alkanes of at least 4 members (excludes halogenated alkanes) is 1. The molecule has 1 aromatic carbocycles. The molecule has 1 aromatic rings. The molecule has 0 radical (unpaired) electrons. The Morgan fingerprint density at radius 1 is 1.05 bits per heavy atom. The van der Waals surface area contributed by atoms with Gasteiger partial charge in [-0.2, -0.15) is 0 Å². The Morgan fingerprint density at radius 3 is 2.30 bits per heavy atom. The van der Waals surface area contributed by atoms with Crippen molar-refractivity contribution in [1.29, 1.82) is 0 Å². The number of nitrogens with one attached hydrogen (secondary N) is 2. The molecule has 0 aliphatic heterocycles. The van der Waals surface area contributed by atoms with Gasteiger partial charge in [-0.15, -0.1) is 0 Å². The third kappa shape index (κ3) is 11.7. The zero-order valence-corrected chi connectivity index (χ0v) is 13.2. The Morgan fingerprint density at radius 2 is 1.70 bits per heavy atom. The van der Waals surface area contributed by atoms with Crippen LogP contribution < -0.4 is 10.6 Å². The lowest BCUT2D eigenvalue weighted by Gasteiger charge is -2.05. The number of hydrogen-bond donors (Lipinski definition) is 2. The quantitative estimate of drug-likeness (QED) is 0.715. The molecule has 0 aliphatic carbocycles. The van der Waals surface area contributed by atoms with E-state index in [1.54, 1.807) is 0 Å². The van der Waals surface area contributed by atoms with Crippen LogP contribution >= 0.6 is 0 Å². The molecule has 0 aliphatic rings. The molecule has 1 amide bonds. The van der Waals surface area contributed by atoms with Gasteiger partial charge in [0.1, 0.15) is 0 Å². The molecule has 0 atom stereocenters. The van der Waals surface area contributed by atoms with Gasteiger partial charge in [0, 0.05) is 19.5 Å². The standard InChI is InChI=1S/C14H22N2O.C3H8/c1-2-16-14(17)10-6-7-11-15-12-13-8-4-3-5-9-13;1-3-2/h3-5,8-9,15H,2,6-7,10-12H2,1H3,(H,16,17);3H2,1-2H3. The minimum Gasteiger partial charge on any atom is -0.356 e. The first kappa shape index (κ1) is 18.7. The molecule has 0 saturated carbocycles. The maximum Gasteiger partial charge on any atom is 0.219 e. The van der Waals surface area contributed by atoms with Crippen LogP contribution in [0.5, 0.6) is 0 Å². The smallest absolute Gasteiger partial charge is 0.219 e. The summed E-state index contributed by atoms with van der Waals surface area (Å²) in [6.45, 7) is 8.79. The summed E-state index contributed by atoms with van der Waals surface area (Å²) < 4.78 is 0. The molecule has 0 fully saturated rings. The Labute approximate surface area is 124 Å². The first-order valence-electron chi connectivity index (χ1n) is 7.75. The molecule has 0 heterocycles. The third-order valence-electron chi connectivity index (χ3n) is 2.55. The van der Waals surface area contributed by atoms with Gasteiger partial charge in [-0.25, -0.2) is 0 Å². The fraction of sp³-hybridized carbons (Fsp3) is 0.588. The van der Waals surface area contributed by atoms with Crippen LogP contribution in [0.4, 0.5) is 0 Å².